The second-order valence-electron chi connectivity index (χ2n) is 7.60. The van der Waals surface area contributed by atoms with Crippen LogP contribution in [0.1, 0.15) is 11.1 Å². The second-order valence-corrected chi connectivity index (χ2v) is 7.60. The predicted octanol–water partition coefficient (Wildman–Crippen LogP) is 5.66. The number of hydrogen-bond acceptors (Lipinski definition) is 4. The summed E-state index contributed by atoms with van der Waals surface area (Å²) in [7, 11) is 0. The van der Waals surface area contributed by atoms with Crippen LogP contribution in [0.15, 0.2) is 113 Å². The summed E-state index contributed by atoms with van der Waals surface area (Å²) in [6.45, 7) is 0.0737. The monoisotopic (exact) mass is 449 g/mol. The summed E-state index contributed by atoms with van der Waals surface area (Å²) in [6.07, 6.45) is 1.56. The SMILES string of the molecule is O=c1c2ccccc2nc(-c2ccccc2)n1N=Cc1ccccc1OCc1ccccc1F. The summed E-state index contributed by atoms with van der Waals surface area (Å²) in [5.41, 5.74) is 2.21. The summed E-state index contributed by atoms with van der Waals surface area (Å²) < 4.78 is 21.2. The molecular formula is C28H20FN3O2. The van der Waals surface area contributed by atoms with Crippen molar-refractivity contribution in [1.82, 2.24) is 9.66 Å². The first kappa shape index (κ1) is 21.3. The lowest BCUT2D eigenvalue weighted by Crippen LogP contribution is -2.20. The van der Waals surface area contributed by atoms with Crippen molar-refractivity contribution in [2.75, 3.05) is 0 Å². The Morgan fingerprint density at radius 3 is 2.41 bits per heavy atom. The number of hydrogen-bond donors (Lipinski definition) is 0. The minimum absolute atomic E-state index is 0.0737. The summed E-state index contributed by atoms with van der Waals surface area (Å²) in [5, 5.41) is 4.97. The van der Waals surface area contributed by atoms with Crippen LogP contribution in [0.4, 0.5) is 4.39 Å². The van der Waals surface area contributed by atoms with Gasteiger partial charge in [0.15, 0.2) is 5.82 Å². The number of aromatic nitrogens is 2. The zero-order valence-electron chi connectivity index (χ0n) is 18.1. The first-order valence-electron chi connectivity index (χ1n) is 10.8. The number of ether oxygens (including phenoxy) is 1. The van der Waals surface area contributed by atoms with E-state index in [2.05, 4.69) is 5.10 Å². The van der Waals surface area contributed by atoms with Gasteiger partial charge in [0.1, 0.15) is 18.2 Å². The number of benzene rings is 4. The van der Waals surface area contributed by atoms with Gasteiger partial charge in [0.25, 0.3) is 5.56 Å². The Hall–Kier alpha value is -4.58. The molecule has 0 aliphatic rings. The maximum Gasteiger partial charge on any atom is 0.282 e. The highest BCUT2D eigenvalue weighted by molar-refractivity contribution is 5.84. The molecular weight excluding hydrogens is 429 g/mol. The molecule has 1 heterocycles. The van der Waals surface area contributed by atoms with Gasteiger partial charge in [-0.3, -0.25) is 4.79 Å². The van der Waals surface area contributed by atoms with Gasteiger partial charge in [-0.2, -0.15) is 9.78 Å². The number of halogens is 1. The minimum atomic E-state index is -0.324. The smallest absolute Gasteiger partial charge is 0.282 e. The lowest BCUT2D eigenvalue weighted by Gasteiger charge is -2.11. The normalized spacial score (nSPS) is 11.2. The summed E-state index contributed by atoms with van der Waals surface area (Å²) in [6, 6.07) is 30.4. The van der Waals surface area contributed by atoms with Crippen LogP contribution in [-0.4, -0.2) is 15.9 Å². The number of para-hydroxylation sites is 2. The molecule has 5 aromatic rings. The van der Waals surface area contributed by atoms with E-state index in [-0.39, 0.29) is 18.0 Å². The number of fused-ring (bicyclic) bond motifs is 1. The largest absolute Gasteiger partial charge is 0.488 e. The van der Waals surface area contributed by atoms with Gasteiger partial charge < -0.3 is 4.74 Å². The molecule has 4 aromatic carbocycles. The highest BCUT2D eigenvalue weighted by Gasteiger charge is 2.12. The van der Waals surface area contributed by atoms with Gasteiger partial charge in [-0.25, -0.2) is 9.37 Å². The molecule has 0 bridgehead atoms. The van der Waals surface area contributed by atoms with E-state index in [1.807, 2.05) is 60.7 Å². The fourth-order valence-corrected chi connectivity index (χ4v) is 3.61. The topological polar surface area (TPSA) is 56.5 Å². The fourth-order valence-electron chi connectivity index (χ4n) is 3.61. The van der Waals surface area contributed by atoms with E-state index in [0.717, 1.165) is 5.56 Å². The van der Waals surface area contributed by atoms with E-state index >= 15 is 0 Å². The van der Waals surface area contributed by atoms with Gasteiger partial charge in [-0.05, 0) is 30.3 Å². The quantitative estimate of drug-likeness (QED) is 0.314. The standard InChI is InChI=1S/C28H20FN3O2/c29-24-15-7-4-13-22(24)19-34-26-17-9-5-12-21(26)18-30-32-27(20-10-2-1-3-11-20)31-25-16-8-6-14-23(25)28(32)33/h1-18H,19H2. The van der Waals surface area contributed by atoms with Crippen LogP contribution in [0.5, 0.6) is 5.75 Å². The van der Waals surface area contributed by atoms with E-state index in [1.165, 1.54) is 10.7 Å². The molecule has 0 unspecified atom stereocenters. The van der Waals surface area contributed by atoms with Gasteiger partial charge >= 0.3 is 0 Å². The Bertz CT molecular complexity index is 1540. The highest BCUT2D eigenvalue weighted by Crippen LogP contribution is 2.21. The maximum absolute atomic E-state index is 14.0. The molecule has 0 aliphatic heterocycles. The molecule has 0 radical (unpaired) electrons. The van der Waals surface area contributed by atoms with Crippen LogP contribution in [0.2, 0.25) is 0 Å². The molecule has 0 atom stereocenters. The first-order valence-corrected chi connectivity index (χ1v) is 10.8. The lowest BCUT2D eigenvalue weighted by atomic mass is 10.2. The molecule has 0 N–H and O–H groups in total. The molecule has 34 heavy (non-hydrogen) atoms. The third-order valence-electron chi connectivity index (χ3n) is 5.36. The number of nitrogens with zero attached hydrogens (tertiary/aromatic N) is 3. The summed E-state index contributed by atoms with van der Waals surface area (Å²) in [4.78, 5) is 18.0. The fraction of sp³-hybridized carbons (Fsp3) is 0.0357. The highest BCUT2D eigenvalue weighted by atomic mass is 19.1. The Morgan fingerprint density at radius 1 is 0.853 bits per heavy atom. The number of rotatable bonds is 6. The Kier molecular flexibility index (Phi) is 5.95. The molecule has 0 fully saturated rings. The molecule has 166 valence electrons. The molecule has 0 saturated carbocycles. The van der Waals surface area contributed by atoms with Crippen molar-refractivity contribution in [3.63, 3.8) is 0 Å². The molecule has 0 amide bonds. The van der Waals surface area contributed by atoms with Crippen molar-refractivity contribution >= 4 is 17.1 Å². The Labute approximate surface area is 195 Å². The lowest BCUT2D eigenvalue weighted by molar-refractivity contribution is 0.299. The van der Waals surface area contributed by atoms with Crippen molar-refractivity contribution in [1.29, 1.82) is 0 Å². The molecule has 6 heteroatoms. The zero-order valence-corrected chi connectivity index (χ0v) is 18.1. The van der Waals surface area contributed by atoms with Crippen molar-refractivity contribution in [3.05, 3.63) is 130 Å². The van der Waals surface area contributed by atoms with Crippen molar-refractivity contribution in [3.8, 4) is 17.1 Å². The zero-order chi connectivity index (χ0) is 23.3. The average Bonchev–Trinajstić information content (AvgIpc) is 2.89. The average molecular weight is 449 g/mol. The minimum Gasteiger partial charge on any atom is -0.488 e. The third-order valence-corrected chi connectivity index (χ3v) is 5.36. The van der Waals surface area contributed by atoms with Gasteiger partial charge in [0.2, 0.25) is 0 Å². The van der Waals surface area contributed by atoms with Gasteiger partial charge in [0.05, 0.1) is 17.1 Å². The van der Waals surface area contributed by atoms with Gasteiger partial charge in [-0.1, -0.05) is 72.8 Å². The van der Waals surface area contributed by atoms with Crippen molar-refractivity contribution in [2.45, 2.75) is 6.61 Å². The van der Waals surface area contributed by atoms with Gasteiger partial charge in [-0.15, -0.1) is 0 Å². The van der Waals surface area contributed by atoms with Crippen molar-refractivity contribution < 1.29 is 9.13 Å². The Balaban J connectivity index is 1.55. The molecule has 0 aliphatic carbocycles. The van der Waals surface area contributed by atoms with Crippen LogP contribution in [0, 0.1) is 5.82 Å². The van der Waals surface area contributed by atoms with E-state index in [9.17, 15) is 9.18 Å². The third kappa shape index (κ3) is 4.34. The first-order chi connectivity index (χ1) is 16.7. The van der Waals surface area contributed by atoms with Crippen LogP contribution >= 0.6 is 0 Å². The van der Waals surface area contributed by atoms with Crippen LogP contribution in [0.25, 0.3) is 22.3 Å². The maximum atomic E-state index is 14.0. The second kappa shape index (κ2) is 9.50. The van der Waals surface area contributed by atoms with Gasteiger partial charge in [0, 0.05) is 16.7 Å². The van der Waals surface area contributed by atoms with Crippen LogP contribution in [0.3, 0.4) is 0 Å². The summed E-state index contributed by atoms with van der Waals surface area (Å²) >= 11 is 0. The molecule has 5 nitrogen and oxygen atoms in total. The molecule has 0 saturated heterocycles. The van der Waals surface area contributed by atoms with Crippen molar-refractivity contribution in [2.24, 2.45) is 5.10 Å². The van der Waals surface area contributed by atoms with Crippen LogP contribution < -0.4 is 10.3 Å². The molecule has 5 rings (SSSR count). The van der Waals surface area contributed by atoms with E-state index in [4.69, 9.17) is 9.72 Å². The van der Waals surface area contributed by atoms with E-state index < -0.39 is 0 Å². The Morgan fingerprint density at radius 2 is 1.56 bits per heavy atom. The summed E-state index contributed by atoms with van der Waals surface area (Å²) in [5.74, 6) is 0.637. The molecule has 0 spiro atoms. The van der Waals surface area contributed by atoms with E-state index in [1.54, 1.807) is 42.6 Å². The van der Waals surface area contributed by atoms with Crippen LogP contribution in [-0.2, 0) is 6.61 Å². The predicted molar refractivity (Wildman–Crippen MR) is 132 cm³/mol. The van der Waals surface area contributed by atoms with E-state index in [0.29, 0.717) is 33.6 Å². The molecule has 1 aromatic heterocycles.